The molecule has 0 spiro atoms. The summed E-state index contributed by atoms with van der Waals surface area (Å²) < 4.78 is 49.6. The predicted octanol–water partition coefficient (Wildman–Crippen LogP) is 5.33. The van der Waals surface area contributed by atoms with E-state index in [0.717, 1.165) is 36.5 Å². The second-order valence-electron chi connectivity index (χ2n) is 10.1. The van der Waals surface area contributed by atoms with E-state index in [1.54, 1.807) is 12.4 Å². The Balaban J connectivity index is 1.43. The van der Waals surface area contributed by atoms with E-state index in [2.05, 4.69) is 16.9 Å². The molecule has 2 aliphatic rings. The maximum Gasteiger partial charge on any atom is 0.185 e. The number of nitrogens with zero attached hydrogens (tertiary/aromatic N) is 2. The van der Waals surface area contributed by atoms with Crippen molar-refractivity contribution in [2.45, 2.75) is 50.5 Å². The molecule has 2 fully saturated rings. The number of aromatic nitrogens is 2. The zero-order chi connectivity index (χ0) is 25.4. The Kier molecular flexibility index (Phi) is 6.90. The van der Waals surface area contributed by atoms with Crippen LogP contribution in [0.1, 0.15) is 65.2 Å². The summed E-state index contributed by atoms with van der Waals surface area (Å²) in [4.78, 5) is 21.4. The van der Waals surface area contributed by atoms with E-state index in [9.17, 15) is 18.0 Å². The monoisotopic (exact) mass is 495 g/mol. The highest BCUT2D eigenvalue weighted by Crippen LogP contribution is 2.37. The van der Waals surface area contributed by atoms with Crippen LogP contribution in [0.15, 0.2) is 42.7 Å². The van der Waals surface area contributed by atoms with Gasteiger partial charge in [0, 0.05) is 30.8 Å². The Morgan fingerprint density at radius 1 is 1.03 bits per heavy atom. The minimum atomic E-state index is -0.926. The number of nitrogens with two attached hydrogens (primary N) is 1. The molecule has 1 aromatic carbocycles. The van der Waals surface area contributed by atoms with Gasteiger partial charge in [-0.3, -0.25) is 9.78 Å². The molecule has 5 rings (SSSR count). The number of halogens is 3. The van der Waals surface area contributed by atoms with Crippen LogP contribution in [-0.4, -0.2) is 35.0 Å². The number of hydrogen-bond acceptors (Lipinski definition) is 5. The number of ketones is 1. The van der Waals surface area contributed by atoms with Crippen molar-refractivity contribution in [2.24, 2.45) is 11.7 Å². The molecule has 2 N–H and O–H groups in total. The first-order valence-electron chi connectivity index (χ1n) is 12.2. The van der Waals surface area contributed by atoms with Crippen molar-refractivity contribution in [1.82, 2.24) is 9.97 Å². The molecule has 3 atom stereocenters. The molecule has 0 bridgehead atoms. The van der Waals surface area contributed by atoms with Gasteiger partial charge in [0.2, 0.25) is 0 Å². The van der Waals surface area contributed by atoms with Crippen LogP contribution >= 0.6 is 0 Å². The number of carbonyl (C=O) groups excluding carboxylic acids is 1. The molecule has 0 amide bonds. The van der Waals surface area contributed by atoms with Gasteiger partial charge in [-0.05, 0) is 78.1 Å². The average Bonchev–Trinajstić information content (AvgIpc) is 2.78. The van der Waals surface area contributed by atoms with E-state index in [0.29, 0.717) is 24.7 Å². The summed E-state index contributed by atoms with van der Waals surface area (Å²) in [6.45, 7) is 2.94. The minimum Gasteiger partial charge on any atom is -0.380 e. The Labute approximate surface area is 207 Å². The summed E-state index contributed by atoms with van der Waals surface area (Å²) in [5.74, 6) is -2.54. The third-order valence-electron chi connectivity index (χ3n) is 7.25. The van der Waals surface area contributed by atoms with Crippen LogP contribution in [0.25, 0.3) is 11.3 Å². The first-order chi connectivity index (χ1) is 17.3. The topological polar surface area (TPSA) is 78.1 Å². The molecule has 5 nitrogen and oxygen atoms in total. The van der Waals surface area contributed by atoms with Crippen LogP contribution in [0.2, 0.25) is 0 Å². The molecule has 1 saturated carbocycles. The molecule has 188 valence electrons. The highest BCUT2D eigenvalue weighted by atomic mass is 19.1. The summed E-state index contributed by atoms with van der Waals surface area (Å²) in [6.07, 6.45) is 6.13. The van der Waals surface area contributed by atoms with E-state index in [4.69, 9.17) is 10.5 Å². The highest BCUT2D eigenvalue weighted by molar-refractivity contribution is 5.96. The normalized spacial score (nSPS) is 22.3. The van der Waals surface area contributed by atoms with Crippen LogP contribution in [0, 0.1) is 23.4 Å². The summed E-state index contributed by atoms with van der Waals surface area (Å²) in [6, 6.07) is 6.64. The summed E-state index contributed by atoms with van der Waals surface area (Å²) in [5, 5.41) is 0. The van der Waals surface area contributed by atoms with E-state index in [1.807, 2.05) is 6.07 Å². The Morgan fingerprint density at radius 2 is 1.78 bits per heavy atom. The summed E-state index contributed by atoms with van der Waals surface area (Å²) in [7, 11) is 0. The molecule has 3 aromatic rings. The fraction of sp³-hybridized carbons (Fsp3) is 0.393. The molecule has 8 heteroatoms. The lowest BCUT2D eigenvalue weighted by molar-refractivity contribution is 0.00822. The first-order valence-corrected chi connectivity index (χ1v) is 12.2. The lowest BCUT2D eigenvalue weighted by atomic mass is 9.75. The van der Waals surface area contributed by atoms with Gasteiger partial charge in [-0.25, -0.2) is 18.2 Å². The van der Waals surface area contributed by atoms with Crippen LogP contribution in [0.4, 0.5) is 13.2 Å². The smallest absolute Gasteiger partial charge is 0.185 e. The van der Waals surface area contributed by atoms with Crippen molar-refractivity contribution in [3.63, 3.8) is 0 Å². The third kappa shape index (κ3) is 4.92. The van der Waals surface area contributed by atoms with Gasteiger partial charge in [-0.1, -0.05) is 6.92 Å². The SMILES string of the molecule is C[C@@H]1C[C@H](N)C[C@H](c2ccncc2CC(=O)c2ccc(F)c(-c3c(F)cc(C4COC4)cc3F)n2)C1. The maximum absolute atomic E-state index is 14.9. The minimum absolute atomic E-state index is 0.00700. The highest BCUT2D eigenvalue weighted by Gasteiger charge is 2.28. The number of hydrogen-bond donors (Lipinski definition) is 1. The second kappa shape index (κ2) is 10.1. The van der Waals surface area contributed by atoms with Gasteiger partial charge in [-0.15, -0.1) is 0 Å². The van der Waals surface area contributed by atoms with E-state index >= 15 is 0 Å². The molecular weight excluding hydrogens is 467 g/mol. The van der Waals surface area contributed by atoms with Gasteiger partial charge in [0.1, 0.15) is 28.8 Å². The number of pyridine rings is 2. The molecule has 1 aliphatic heterocycles. The Morgan fingerprint density at radius 3 is 2.44 bits per heavy atom. The van der Waals surface area contributed by atoms with Gasteiger partial charge >= 0.3 is 0 Å². The van der Waals surface area contributed by atoms with Crippen molar-refractivity contribution in [3.05, 3.63) is 82.6 Å². The zero-order valence-electron chi connectivity index (χ0n) is 20.0. The first kappa shape index (κ1) is 24.6. The number of rotatable bonds is 6. The largest absolute Gasteiger partial charge is 0.380 e. The van der Waals surface area contributed by atoms with Gasteiger partial charge in [0.05, 0.1) is 18.8 Å². The van der Waals surface area contributed by atoms with Crippen molar-refractivity contribution in [3.8, 4) is 11.3 Å². The van der Waals surface area contributed by atoms with Crippen LogP contribution < -0.4 is 5.73 Å². The molecule has 1 saturated heterocycles. The quantitative estimate of drug-likeness (QED) is 0.468. The predicted molar refractivity (Wildman–Crippen MR) is 129 cm³/mol. The van der Waals surface area contributed by atoms with Gasteiger partial charge in [-0.2, -0.15) is 0 Å². The molecule has 0 radical (unpaired) electrons. The van der Waals surface area contributed by atoms with E-state index < -0.39 is 28.7 Å². The maximum atomic E-state index is 14.9. The standard InChI is InChI=1S/C28H28F3N3O2/c1-15-6-17(8-20(32)7-15)21-4-5-33-12-18(21)11-26(35)25-3-2-22(29)28(34-25)27-23(30)9-16(10-24(27)31)19-13-36-14-19/h2-5,9-10,12,15,17,19-20H,6-8,11,13-14,32H2,1H3/t15-,17+,20-/m0/s1. The average molecular weight is 496 g/mol. The van der Waals surface area contributed by atoms with Crippen LogP contribution in [0.3, 0.4) is 0 Å². The molecule has 36 heavy (non-hydrogen) atoms. The Hall–Kier alpha value is -3.10. The van der Waals surface area contributed by atoms with Crippen LogP contribution in [-0.2, 0) is 11.2 Å². The van der Waals surface area contributed by atoms with E-state index in [1.165, 1.54) is 18.2 Å². The number of benzene rings is 1. The zero-order valence-corrected chi connectivity index (χ0v) is 20.0. The fourth-order valence-corrected chi connectivity index (χ4v) is 5.41. The summed E-state index contributed by atoms with van der Waals surface area (Å²) in [5.41, 5.74) is 7.31. The molecule has 3 heterocycles. The summed E-state index contributed by atoms with van der Waals surface area (Å²) >= 11 is 0. The number of carbonyl (C=O) groups is 1. The fourth-order valence-electron chi connectivity index (χ4n) is 5.41. The van der Waals surface area contributed by atoms with Crippen molar-refractivity contribution >= 4 is 5.78 Å². The van der Waals surface area contributed by atoms with E-state index in [-0.39, 0.29) is 35.8 Å². The van der Waals surface area contributed by atoms with Gasteiger partial charge in [0.15, 0.2) is 5.78 Å². The van der Waals surface area contributed by atoms with Gasteiger partial charge < -0.3 is 10.5 Å². The lowest BCUT2D eigenvalue weighted by Crippen LogP contribution is -2.31. The van der Waals surface area contributed by atoms with Gasteiger partial charge in [0.25, 0.3) is 0 Å². The number of ether oxygens (including phenoxy) is 1. The number of Topliss-reactive ketones (excluding diaryl/α,β-unsaturated/α-hetero) is 1. The third-order valence-corrected chi connectivity index (χ3v) is 7.25. The molecular formula is C28H28F3N3O2. The van der Waals surface area contributed by atoms with Crippen molar-refractivity contribution in [1.29, 1.82) is 0 Å². The molecule has 1 aliphatic carbocycles. The molecule has 0 unspecified atom stereocenters. The lowest BCUT2D eigenvalue weighted by Gasteiger charge is -2.32. The van der Waals surface area contributed by atoms with Crippen molar-refractivity contribution < 1.29 is 22.7 Å². The molecule has 2 aromatic heterocycles. The second-order valence-corrected chi connectivity index (χ2v) is 10.1. The van der Waals surface area contributed by atoms with Crippen LogP contribution in [0.5, 0.6) is 0 Å². The Bertz CT molecular complexity index is 1260. The van der Waals surface area contributed by atoms with Crippen molar-refractivity contribution in [2.75, 3.05) is 13.2 Å².